The second kappa shape index (κ2) is 5.28. The van der Waals surface area contributed by atoms with E-state index in [0.29, 0.717) is 16.3 Å². The van der Waals surface area contributed by atoms with Crippen molar-refractivity contribution in [1.29, 1.82) is 0 Å². The molecule has 0 aromatic heterocycles. The standard InChI is InChI=1S/C14H11ClFNO2/c1-8-6-10(3-4-11(8)14(18)19)17-13-5-2-9(15)7-12(13)16/h2-7,17H,1H3,(H,18,19). The second-order valence-corrected chi connectivity index (χ2v) is 4.52. The van der Waals surface area contributed by atoms with Crippen LogP contribution in [-0.4, -0.2) is 11.1 Å². The Labute approximate surface area is 114 Å². The van der Waals surface area contributed by atoms with Crippen molar-refractivity contribution in [3.8, 4) is 0 Å². The third-order valence-corrected chi connectivity index (χ3v) is 2.90. The molecule has 2 aromatic carbocycles. The van der Waals surface area contributed by atoms with Crippen LogP contribution in [0.5, 0.6) is 0 Å². The van der Waals surface area contributed by atoms with Crippen LogP contribution in [0.4, 0.5) is 15.8 Å². The van der Waals surface area contributed by atoms with Crippen LogP contribution < -0.4 is 5.32 Å². The van der Waals surface area contributed by atoms with Gasteiger partial charge in [-0.25, -0.2) is 9.18 Å². The number of hydrogen-bond donors (Lipinski definition) is 2. The summed E-state index contributed by atoms with van der Waals surface area (Å²) in [5, 5.41) is 12.1. The van der Waals surface area contributed by atoms with Crippen LogP contribution in [0.1, 0.15) is 15.9 Å². The average molecular weight is 280 g/mol. The molecule has 0 aliphatic rings. The van der Waals surface area contributed by atoms with Gasteiger partial charge in [0.15, 0.2) is 0 Å². The SMILES string of the molecule is Cc1cc(Nc2ccc(Cl)cc2F)ccc1C(=O)O. The van der Waals surface area contributed by atoms with Gasteiger partial charge in [0, 0.05) is 10.7 Å². The van der Waals surface area contributed by atoms with Gasteiger partial charge >= 0.3 is 5.97 Å². The summed E-state index contributed by atoms with van der Waals surface area (Å²) in [6.07, 6.45) is 0. The van der Waals surface area contributed by atoms with Gasteiger partial charge in [0.05, 0.1) is 11.3 Å². The van der Waals surface area contributed by atoms with E-state index in [1.807, 2.05) is 0 Å². The number of nitrogens with one attached hydrogen (secondary N) is 1. The first kappa shape index (κ1) is 13.4. The molecular formula is C14H11ClFNO2. The highest BCUT2D eigenvalue weighted by molar-refractivity contribution is 6.30. The largest absolute Gasteiger partial charge is 0.478 e. The molecule has 0 atom stereocenters. The van der Waals surface area contributed by atoms with Crippen LogP contribution in [-0.2, 0) is 0 Å². The fraction of sp³-hybridized carbons (Fsp3) is 0.0714. The van der Waals surface area contributed by atoms with E-state index >= 15 is 0 Å². The summed E-state index contributed by atoms with van der Waals surface area (Å²) in [7, 11) is 0. The minimum absolute atomic E-state index is 0.224. The molecule has 98 valence electrons. The number of carboxylic acid groups (broad SMARTS) is 1. The zero-order valence-electron chi connectivity index (χ0n) is 10.1. The molecule has 0 saturated heterocycles. The fourth-order valence-electron chi connectivity index (χ4n) is 1.73. The summed E-state index contributed by atoms with van der Waals surface area (Å²) >= 11 is 5.67. The maximum absolute atomic E-state index is 13.6. The summed E-state index contributed by atoms with van der Waals surface area (Å²) in [6, 6.07) is 9.03. The first-order chi connectivity index (χ1) is 8.97. The van der Waals surface area contributed by atoms with Gasteiger partial charge < -0.3 is 10.4 Å². The van der Waals surface area contributed by atoms with Gasteiger partial charge in [-0.05, 0) is 48.9 Å². The first-order valence-electron chi connectivity index (χ1n) is 5.53. The molecule has 5 heteroatoms. The van der Waals surface area contributed by atoms with Gasteiger partial charge in [-0.2, -0.15) is 0 Å². The van der Waals surface area contributed by atoms with Crippen molar-refractivity contribution in [3.63, 3.8) is 0 Å². The van der Waals surface area contributed by atoms with Crippen LogP contribution in [0.25, 0.3) is 0 Å². The Hall–Kier alpha value is -2.07. The summed E-state index contributed by atoms with van der Waals surface area (Å²) in [5.74, 6) is -1.45. The Balaban J connectivity index is 2.29. The minimum atomic E-state index is -0.985. The first-order valence-corrected chi connectivity index (χ1v) is 5.91. The highest BCUT2D eigenvalue weighted by Gasteiger charge is 2.08. The summed E-state index contributed by atoms with van der Waals surface area (Å²) < 4.78 is 13.6. The molecule has 3 nitrogen and oxygen atoms in total. The minimum Gasteiger partial charge on any atom is -0.478 e. The Morgan fingerprint density at radius 1 is 1.26 bits per heavy atom. The monoisotopic (exact) mass is 279 g/mol. The number of halogens is 2. The van der Waals surface area contributed by atoms with Crippen molar-refractivity contribution in [2.75, 3.05) is 5.32 Å². The summed E-state index contributed by atoms with van der Waals surface area (Å²) in [5.41, 5.74) is 1.73. The Morgan fingerprint density at radius 3 is 2.58 bits per heavy atom. The second-order valence-electron chi connectivity index (χ2n) is 4.08. The maximum Gasteiger partial charge on any atom is 0.335 e. The zero-order valence-corrected chi connectivity index (χ0v) is 10.8. The van der Waals surface area contributed by atoms with E-state index in [-0.39, 0.29) is 11.3 Å². The van der Waals surface area contributed by atoms with Crippen LogP contribution in [0.2, 0.25) is 5.02 Å². The van der Waals surface area contributed by atoms with E-state index < -0.39 is 11.8 Å². The fourth-order valence-corrected chi connectivity index (χ4v) is 1.89. The van der Waals surface area contributed by atoms with E-state index in [4.69, 9.17) is 16.7 Å². The van der Waals surface area contributed by atoms with Crippen molar-refractivity contribution >= 4 is 28.9 Å². The number of carboxylic acids is 1. The highest BCUT2D eigenvalue weighted by Crippen LogP contribution is 2.24. The topological polar surface area (TPSA) is 49.3 Å². The van der Waals surface area contributed by atoms with Gasteiger partial charge in [0.2, 0.25) is 0 Å². The molecule has 2 N–H and O–H groups in total. The van der Waals surface area contributed by atoms with Crippen LogP contribution in [0.15, 0.2) is 36.4 Å². The molecule has 0 fully saturated rings. The van der Waals surface area contributed by atoms with Gasteiger partial charge in [-0.1, -0.05) is 11.6 Å². The molecule has 0 unspecified atom stereocenters. The van der Waals surface area contributed by atoms with Gasteiger partial charge in [0.25, 0.3) is 0 Å². The van der Waals surface area contributed by atoms with E-state index in [0.717, 1.165) is 0 Å². The number of rotatable bonds is 3. The van der Waals surface area contributed by atoms with Gasteiger partial charge in [-0.3, -0.25) is 0 Å². The zero-order chi connectivity index (χ0) is 14.0. The Kier molecular flexibility index (Phi) is 3.71. The maximum atomic E-state index is 13.6. The van der Waals surface area contributed by atoms with E-state index in [9.17, 15) is 9.18 Å². The lowest BCUT2D eigenvalue weighted by atomic mass is 10.1. The molecule has 0 amide bonds. The van der Waals surface area contributed by atoms with Crippen molar-refractivity contribution in [1.82, 2.24) is 0 Å². The van der Waals surface area contributed by atoms with Crippen molar-refractivity contribution < 1.29 is 14.3 Å². The van der Waals surface area contributed by atoms with Crippen LogP contribution >= 0.6 is 11.6 Å². The number of hydrogen-bond acceptors (Lipinski definition) is 2. The molecule has 0 aliphatic carbocycles. The quantitative estimate of drug-likeness (QED) is 0.884. The van der Waals surface area contributed by atoms with Crippen molar-refractivity contribution in [3.05, 3.63) is 58.4 Å². The summed E-state index contributed by atoms with van der Waals surface area (Å²) in [6.45, 7) is 1.69. The lowest BCUT2D eigenvalue weighted by Gasteiger charge is -2.09. The lowest BCUT2D eigenvalue weighted by Crippen LogP contribution is -2.01. The predicted molar refractivity (Wildman–Crippen MR) is 72.8 cm³/mol. The molecule has 2 aromatic rings. The number of benzene rings is 2. The number of carbonyl (C=O) groups is 1. The molecule has 0 saturated carbocycles. The number of aryl methyl sites for hydroxylation is 1. The summed E-state index contributed by atoms with van der Waals surface area (Å²) in [4.78, 5) is 10.9. The Bertz CT molecular complexity index is 643. The third-order valence-electron chi connectivity index (χ3n) is 2.67. The van der Waals surface area contributed by atoms with Crippen molar-refractivity contribution in [2.24, 2.45) is 0 Å². The molecule has 0 bridgehead atoms. The van der Waals surface area contributed by atoms with E-state index in [1.165, 1.54) is 18.2 Å². The van der Waals surface area contributed by atoms with Crippen molar-refractivity contribution in [2.45, 2.75) is 6.92 Å². The Morgan fingerprint density at radius 2 is 2.00 bits per heavy atom. The highest BCUT2D eigenvalue weighted by atomic mass is 35.5. The smallest absolute Gasteiger partial charge is 0.335 e. The number of anilines is 2. The third kappa shape index (κ3) is 3.03. The normalized spacial score (nSPS) is 10.3. The molecule has 19 heavy (non-hydrogen) atoms. The predicted octanol–water partition coefficient (Wildman–Crippen LogP) is 4.23. The molecule has 0 heterocycles. The number of aromatic carboxylic acids is 1. The molecule has 0 spiro atoms. The molecular weight excluding hydrogens is 269 g/mol. The van der Waals surface area contributed by atoms with Gasteiger partial charge in [0.1, 0.15) is 5.82 Å². The van der Waals surface area contributed by atoms with Crippen LogP contribution in [0, 0.1) is 12.7 Å². The molecule has 2 rings (SSSR count). The van der Waals surface area contributed by atoms with Gasteiger partial charge in [-0.15, -0.1) is 0 Å². The van der Waals surface area contributed by atoms with E-state index in [1.54, 1.807) is 25.1 Å². The van der Waals surface area contributed by atoms with Crippen LogP contribution in [0.3, 0.4) is 0 Å². The molecule has 0 aliphatic heterocycles. The van der Waals surface area contributed by atoms with E-state index in [2.05, 4.69) is 5.32 Å². The average Bonchev–Trinajstić information content (AvgIpc) is 2.32. The molecule has 0 radical (unpaired) electrons. The lowest BCUT2D eigenvalue weighted by molar-refractivity contribution is 0.0696.